The van der Waals surface area contributed by atoms with Gasteiger partial charge in [0.1, 0.15) is 22.7 Å². The number of para-hydroxylation sites is 3. The zero-order chi connectivity index (χ0) is 55.3. The second-order valence-corrected chi connectivity index (χ2v) is 22.2. The number of benzene rings is 13. The van der Waals surface area contributed by atoms with E-state index in [0.29, 0.717) is 0 Å². The van der Waals surface area contributed by atoms with Gasteiger partial charge in [-0.3, -0.25) is 0 Å². The van der Waals surface area contributed by atoms with Gasteiger partial charge in [-0.25, -0.2) is 0 Å². The SMILES string of the molecule is c1ccc(-c2cc(N(c3ccc4oc5cccc(N(c6ccccc6)c6ccccc6)c5c4c3)c3cccc4c3-c3ccccc3C4(c3ccccc3)c3ccccc3)cc3c2Oc2ccccc2C32c3ccccc3-c3ccccc32)cc1. The second kappa shape index (κ2) is 18.8. The number of anilines is 6. The van der Waals surface area contributed by atoms with Gasteiger partial charge in [-0.05, 0) is 134 Å². The van der Waals surface area contributed by atoms with Crippen LogP contribution in [0.25, 0.3) is 55.3 Å². The van der Waals surface area contributed by atoms with Crippen LogP contribution in [0.15, 0.2) is 320 Å². The van der Waals surface area contributed by atoms with E-state index in [1.54, 1.807) is 0 Å². The Morgan fingerprint density at radius 2 is 0.786 bits per heavy atom. The molecule has 394 valence electrons. The molecule has 0 N–H and O–H groups in total. The highest BCUT2D eigenvalue weighted by molar-refractivity contribution is 6.15. The van der Waals surface area contributed by atoms with E-state index in [9.17, 15) is 0 Å². The summed E-state index contributed by atoms with van der Waals surface area (Å²) in [4.78, 5) is 4.88. The first-order chi connectivity index (χ1) is 41.7. The van der Waals surface area contributed by atoms with Gasteiger partial charge < -0.3 is 19.0 Å². The lowest BCUT2D eigenvalue weighted by atomic mass is 9.65. The number of fused-ring (bicyclic) bond motifs is 15. The molecule has 0 amide bonds. The number of hydrogen-bond donors (Lipinski definition) is 0. The highest BCUT2D eigenvalue weighted by Gasteiger charge is 2.52. The number of hydrogen-bond acceptors (Lipinski definition) is 4. The van der Waals surface area contributed by atoms with Crippen LogP contribution in [0.1, 0.15) is 44.5 Å². The summed E-state index contributed by atoms with van der Waals surface area (Å²) in [5, 5.41) is 2.03. The van der Waals surface area contributed by atoms with Crippen molar-refractivity contribution in [3.63, 3.8) is 0 Å². The van der Waals surface area contributed by atoms with Crippen molar-refractivity contribution in [1.82, 2.24) is 0 Å². The van der Waals surface area contributed by atoms with Crippen LogP contribution >= 0.6 is 0 Å². The first kappa shape index (κ1) is 47.8. The monoisotopic (exact) mass is 1070 g/mol. The van der Waals surface area contributed by atoms with Crippen LogP contribution in [0.2, 0.25) is 0 Å². The minimum Gasteiger partial charge on any atom is -0.456 e. The highest BCUT2D eigenvalue weighted by atomic mass is 16.5. The van der Waals surface area contributed by atoms with Gasteiger partial charge in [0, 0.05) is 50.4 Å². The molecule has 4 nitrogen and oxygen atoms in total. The minimum atomic E-state index is -0.748. The first-order valence-corrected chi connectivity index (χ1v) is 28.9. The average Bonchev–Trinajstić information content (AvgIpc) is 1.50. The molecule has 4 heteroatoms. The lowest BCUT2D eigenvalue weighted by Crippen LogP contribution is -2.32. The third-order valence-electron chi connectivity index (χ3n) is 18.0. The zero-order valence-corrected chi connectivity index (χ0v) is 45.7. The summed E-state index contributed by atoms with van der Waals surface area (Å²) in [5.74, 6) is 1.69. The molecule has 0 atom stereocenters. The van der Waals surface area contributed by atoms with E-state index in [4.69, 9.17) is 9.15 Å². The Hall–Kier alpha value is -10.9. The molecule has 2 aliphatic carbocycles. The van der Waals surface area contributed by atoms with Crippen molar-refractivity contribution in [2.75, 3.05) is 9.80 Å². The molecule has 0 saturated heterocycles. The van der Waals surface area contributed by atoms with E-state index in [0.717, 1.165) is 89.8 Å². The zero-order valence-electron chi connectivity index (χ0n) is 45.7. The largest absolute Gasteiger partial charge is 0.456 e. The van der Waals surface area contributed by atoms with Crippen molar-refractivity contribution < 1.29 is 9.15 Å². The molecule has 0 unspecified atom stereocenters. The summed E-state index contributed by atoms with van der Waals surface area (Å²) in [6, 6.07) is 115. The van der Waals surface area contributed by atoms with Crippen LogP contribution in [0.5, 0.6) is 11.5 Å². The predicted molar refractivity (Wildman–Crippen MR) is 343 cm³/mol. The molecule has 0 fully saturated rings. The fourth-order valence-corrected chi connectivity index (χ4v) is 14.7. The Balaban J connectivity index is 1.01. The molecule has 2 heterocycles. The molecule has 3 aliphatic rings. The molecule has 1 aliphatic heterocycles. The van der Waals surface area contributed by atoms with Crippen LogP contribution < -0.4 is 14.5 Å². The normalized spacial score (nSPS) is 13.5. The molecule has 0 bridgehead atoms. The van der Waals surface area contributed by atoms with E-state index >= 15 is 0 Å². The maximum absolute atomic E-state index is 7.44. The van der Waals surface area contributed by atoms with Gasteiger partial charge in [-0.1, -0.05) is 237 Å². The Kier molecular flexibility index (Phi) is 10.7. The third kappa shape index (κ3) is 6.83. The van der Waals surface area contributed by atoms with Crippen LogP contribution in [-0.2, 0) is 10.8 Å². The number of nitrogens with zero attached hydrogens (tertiary/aromatic N) is 2. The molecule has 13 aromatic carbocycles. The Morgan fingerprint density at radius 3 is 1.43 bits per heavy atom. The van der Waals surface area contributed by atoms with E-state index in [-0.39, 0.29) is 0 Å². The molecule has 1 aromatic heterocycles. The maximum Gasteiger partial charge on any atom is 0.140 e. The van der Waals surface area contributed by atoms with Crippen LogP contribution in [-0.4, -0.2) is 0 Å². The van der Waals surface area contributed by atoms with Gasteiger partial charge in [0.15, 0.2) is 0 Å². The summed E-state index contributed by atoms with van der Waals surface area (Å²) < 4.78 is 14.4. The molecule has 1 spiro atoms. The summed E-state index contributed by atoms with van der Waals surface area (Å²) >= 11 is 0. The van der Waals surface area contributed by atoms with Crippen molar-refractivity contribution in [1.29, 1.82) is 0 Å². The molecular formula is C80H52N2O2. The van der Waals surface area contributed by atoms with E-state index in [2.05, 4.69) is 325 Å². The average molecular weight is 1070 g/mol. The van der Waals surface area contributed by atoms with Crippen LogP contribution in [0.4, 0.5) is 34.1 Å². The predicted octanol–water partition coefficient (Wildman–Crippen LogP) is 21.0. The Bertz CT molecular complexity index is 4760. The Morgan fingerprint density at radius 1 is 0.286 bits per heavy atom. The van der Waals surface area contributed by atoms with E-state index in [1.165, 1.54) is 55.6 Å². The summed E-state index contributed by atoms with van der Waals surface area (Å²) in [6.07, 6.45) is 0. The van der Waals surface area contributed by atoms with Gasteiger partial charge in [0.2, 0.25) is 0 Å². The minimum absolute atomic E-state index is 0.641. The van der Waals surface area contributed by atoms with Crippen molar-refractivity contribution in [2.24, 2.45) is 0 Å². The smallest absolute Gasteiger partial charge is 0.140 e. The first-order valence-electron chi connectivity index (χ1n) is 28.9. The van der Waals surface area contributed by atoms with E-state index in [1.807, 2.05) is 0 Å². The van der Waals surface area contributed by atoms with Crippen molar-refractivity contribution in [3.05, 3.63) is 360 Å². The maximum atomic E-state index is 7.44. The van der Waals surface area contributed by atoms with Gasteiger partial charge in [-0.2, -0.15) is 0 Å². The van der Waals surface area contributed by atoms with Crippen molar-refractivity contribution in [2.45, 2.75) is 10.8 Å². The molecule has 84 heavy (non-hydrogen) atoms. The topological polar surface area (TPSA) is 28.9 Å². The molecule has 17 rings (SSSR count). The van der Waals surface area contributed by atoms with Gasteiger partial charge in [-0.15, -0.1) is 0 Å². The molecule has 0 saturated carbocycles. The van der Waals surface area contributed by atoms with Crippen molar-refractivity contribution >= 4 is 56.1 Å². The number of furan rings is 1. The third-order valence-corrected chi connectivity index (χ3v) is 18.0. The van der Waals surface area contributed by atoms with Gasteiger partial charge >= 0.3 is 0 Å². The fourth-order valence-electron chi connectivity index (χ4n) is 14.7. The fraction of sp³-hybridized carbons (Fsp3) is 0.0250. The molecule has 14 aromatic rings. The van der Waals surface area contributed by atoms with Crippen LogP contribution in [0.3, 0.4) is 0 Å². The lowest BCUT2D eigenvalue weighted by Gasteiger charge is -2.41. The van der Waals surface area contributed by atoms with Crippen molar-refractivity contribution in [3.8, 4) is 44.9 Å². The van der Waals surface area contributed by atoms with Gasteiger partial charge in [0.05, 0.1) is 27.6 Å². The highest BCUT2D eigenvalue weighted by Crippen LogP contribution is 2.65. The number of rotatable bonds is 9. The Labute approximate surface area is 488 Å². The number of ether oxygens (including phenoxy) is 1. The van der Waals surface area contributed by atoms with E-state index < -0.39 is 10.8 Å². The summed E-state index contributed by atoms with van der Waals surface area (Å²) in [5.41, 5.74) is 22.8. The quantitative estimate of drug-likeness (QED) is 0.144. The standard InChI is InChI=1S/C80H52N2O2/c1-6-26-53(27-7-1)63-51-59(52-70-78(63)84-74-46-23-22-42-68(74)80(70)65-39-19-16-36-60(65)61-37-17-20-40-66(61)80)82(71-44-24-43-69-76(71)62-38-18-21-41-67(62)79(69,54-28-8-2-9-29-54)55-30-10-3-11-31-55)58-48-49-73-64(50-58)77-72(45-25-47-75(77)83-73)81(56-32-12-4-13-33-56)57-34-14-5-15-35-57/h1-52H. The molecular weight excluding hydrogens is 1020 g/mol. The lowest BCUT2D eigenvalue weighted by molar-refractivity contribution is 0.438. The second-order valence-electron chi connectivity index (χ2n) is 22.2. The molecule has 0 radical (unpaired) electrons. The van der Waals surface area contributed by atoms with Crippen LogP contribution in [0, 0.1) is 0 Å². The van der Waals surface area contributed by atoms with Gasteiger partial charge in [0.25, 0.3) is 0 Å². The summed E-state index contributed by atoms with van der Waals surface area (Å²) in [6.45, 7) is 0. The summed E-state index contributed by atoms with van der Waals surface area (Å²) in [7, 11) is 0.